The van der Waals surface area contributed by atoms with Gasteiger partial charge in [0.15, 0.2) is 0 Å². The van der Waals surface area contributed by atoms with Crippen LogP contribution >= 0.6 is 0 Å². The molecule has 1 aliphatic heterocycles. The number of fused-ring (bicyclic) bond motifs is 2. The van der Waals surface area contributed by atoms with Gasteiger partial charge in [-0.05, 0) is 37.6 Å². The van der Waals surface area contributed by atoms with Gasteiger partial charge in [-0.3, -0.25) is 14.7 Å². The smallest absolute Gasteiger partial charge is 0.254 e. The molecule has 0 spiro atoms. The monoisotopic (exact) mass is 386 g/mol. The Labute approximate surface area is 168 Å². The molecule has 4 heterocycles. The predicted octanol–water partition coefficient (Wildman–Crippen LogP) is 2.76. The summed E-state index contributed by atoms with van der Waals surface area (Å²) in [4.78, 5) is 31.5. The Bertz CT molecular complexity index is 1230. The highest BCUT2D eigenvalue weighted by molar-refractivity contribution is 5.75. The van der Waals surface area contributed by atoms with Crippen LogP contribution < -0.4 is 5.56 Å². The Balaban J connectivity index is 1.45. The van der Waals surface area contributed by atoms with Crippen LogP contribution in [0, 0.1) is 0 Å². The largest absolute Gasteiger partial charge is 0.327 e. The SMILES string of the molecule is CCn1c(CN2CCc3c(nc(-c4ccncc4)[nH]c3=O)C2)nc2ccccc21. The van der Waals surface area contributed by atoms with E-state index in [1.165, 1.54) is 0 Å². The number of hydrogen-bond acceptors (Lipinski definition) is 5. The predicted molar refractivity (Wildman–Crippen MR) is 111 cm³/mol. The first-order chi connectivity index (χ1) is 14.2. The van der Waals surface area contributed by atoms with E-state index in [9.17, 15) is 4.79 Å². The lowest BCUT2D eigenvalue weighted by molar-refractivity contribution is 0.232. The minimum absolute atomic E-state index is 0.0396. The number of imidazole rings is 1. The molecular weight excluding hydrogens is 364 g/mol. The first kappa shape index (κ1) is 17.8. The van der Waals surface area contributed by atoms with Crippen molar-refractivity contribution < 1.29 is 0 Å². The van der Waals surface area contributed by atoms with Crippen LogP contribution in [0.3, 0.4) is 0 Å². The van der Waals surface area contributed by atoms with Gasteiger partial charge in [-0.25, -0.2) is 9.97 Å². The van der Waals surface area contributed by atoms with Gasteiger partial charge in [0.05, 0.1) is 23.3 Å². The number of pyridine rings is 1. The summed E-state index contributed by atoms with van der Waals surface area (Å²) in [5.74, 6) is 1.65. The number of aromatic nitrogens is 5. The highest BCUT2D eigenvalue weighted by Crippen LogP contribution is 2.22. The van der Waals surface area contributed by atoms with E-state index in [0.717, 1.165) is 53.3 Å². The van der Waals surface area contributed by atoms with Crippen LogP contribution in [0.15, 0.2) is 53.6 Å². The fourth-order valence-corrected chi connectivity index (χ4v) is 4.07. The maximum absolute atomic E-state index is 12.6. The number of H-pyrrole nitrogens is 1. The molecule has 0 atom stereocenters. The number of nitrogens with one attached hydrogen (secondary N) is 1. The number of para-hydroxylation sites is 2. The van der Waals surface area contributed by atoms with Crippen LogP contribution in [0.1, 0.15) is 24.0 Å². The summed E-state index contributed by atoms with van der Waals surface area (Å²) in [6.45, 7) is 5.22. The third-order valence-corrected chi connectivity index (χ3v) is 5.52. The molecule has 0 radical (unpaired) electrons. The lowest BCUT2D eigenvalue weighted by atomic mass is 10.1. The molecule has 0 aliphatic carbocycles. The molecule has 0 bridgehead atoms. The van der Waals surface area contributed by atoms with Crippen LogP contribution in [0.25, 0.3) is 22.4 Å². The highest BCUT2D eigenvalue weighted by atomic mass is 16.1. The van der Waals surface area contributed by atoms with Crippen LogP contribution in [0.5, 0.6) is 0 Å². The van der Waals surface area contributed by atoms with Crippen LogP contribution in [-0.4, -0.2) is 35.9 Å². The molecule has 3 aromatic heterocycles. The third kappa shape index (κ3) is 3.23. The average molecular weight is 386 g/mol. The maximum Gasteiger partial charge on any atom is 0.254 e. The van der Waals surface area contributed by atoms with Gasteiger partial charge in [0, 0.05) is 43.2 Å². The molecular formula is C22H22N6O. The van der Waals surface area contributed by atoms with Crippen molar-refractivity contribution in [2.75, 3.05) is 6.54 Å². The van der Waals surface area contributed by atoms with Crippen molar-refractivity contribution >= 4 is 11.0 Å². The van der Waals surface area contributed by atoms with Gasteiger partial charge in [0.2, 0.25) is 0 Å². The lowest BCUT2D eigenvalue weighted by Crippen LogP contribution is -2.35. The van der Waals surface area contributed by atoms with E-state index < -0.39 is 0 Å². The van der Waals surface area contributed by atoms with E-state index in [0.29, 0.717) is 18.8 Å². The second kappa shape index (κ2) is 7.25. The maximum atomic E-state index is 12.6. The summed E-state index contributed by atoms with van der Waals surface area (Å²) in [7, 11) is 0. The molecule has 0 saturated heterocycles. The summed E-state index contributed by atoms with van der Waals surface area (Å²) in [6.07, 6.45) is 4.10. The first-order valence-corrected chi connectivity index (χ1v) is 9.92. The van der Waals surface area contributed by atoms with E-state index >= 15 is 0 Å². The standard InChI is InChI=1S/C22H22N6O/c1-2-28-19-6-4-3-5-17(19)24-20(28)14-27-12-9-16-18(13-27)25-21(26-22(16)29)15-7-10-23-11-8-15/h3-8,10-11H,2,9,12-14H2,1H3,(H,25,26,29). The Morgan fingerprint density at radius 2 is 1.93 bits per heavy atom. The summed E-state index contributed by atoms with van der Waals surface area (Å²) in [5, 5.41) is 0. The molecule has 1 aliphatic rings. The van der Waals surface area contributed by atoms with E-state index in [-0.39, 0.29) is 5.56 Å². The molecule has 0 fully saturated rings. The minimum Gasteiger partial charge on any atom is -0.327 e. The molecule has 0 unspecified atom stereocenters. The quantitative estimate of drug-likeness (QED) is 0.583. The molecule has 5 rings (SSSR count). The zero-order valence-electron chi connectivity index (χ0n) is 16.3. The van der Waals surface area contributed by atoms with Gasteiger partial charge in [0.1, 0.15) is 11.6 Å². The Morgan fingerprint density at radius 3 is 2.76 bits per heavy atom. The molecule has 29 heavy (non-hydrogen) atoms. The summed E-state index contributed by atoms with van der Waals surface area (Å²) < 4.78 is 2.26. The minimum atomic E-state index is -0.0396. The Kier molecular flexibility index (Phi) is 4.44. The molecule has 7 heteroatoms. The average Bonchev–Trinajstić information content (AvgIpc) is 3.11. The second-order valence-electron chi connectivity index (χ2n) is 7.30. The van der Waals surface area contributed by atoms with Crippen LogP contribution in [-0.2, 0) is 26.1 Å². The number of aromatic amines is 1. The van der Waals surface area contributed by atoms with Gasteiger partial charge in [-0.15, -0.1) is 0 Å². The van der Waals surface area contributed by atoms with Crippen molar-refractivity contribution in [1.82, 2.24) is 29.4 Å². The fourth-order valence-electron chi connectivity index (χ4n) is 4.07. The normalized spacial score (nSPS) is 14.2. The molecule has 0 saturated carbocycles. The van der Waals surface area contributed by atoms with E-state index in [1.807, 2.05) is 24.3 Å². The van der Waals surface area contributed by atoms with Gasteiger partial charge < -0.3 is 9.55 Å². The van der Waals surface area contributed by atoms with E-state index in [1.54, 1.807) is 12.4 Å². The molecule has 0 amide bonds. The van der Waals surface area contributed by atoms with E-state index in [4.69, 9.17) is 9.97 Å². The van der Waals surface area contributed by atoms with Gasteiger partial charge in [-0.1, -0.05) is 12.1 Å². The highest BCUT2D eigenvalue weighted by Gasteiger charge is 2.23. The molecule has 4 aromatic rings. The van der Waals surface area contributed by atoms with Crippen LogP contribution in [0.2, 0.25) is 0 Å². The topological polar surface area (TPSA) is 79.7 Å². The lowest BCUT2D eigenvalue weighted by Gasteiger charge is -2.27. The van der Waals surface area contributed by atoms with E-state index in [2.05, 4.69) is 38.5 Å². The summed E-state index contributed by atoms with van der Waals surface area (Å²) in [6, 6.07) is 12.0. The summed E-state index contributed by atoms with van der Waals surface area (Å²) >= 11 is 0. The number of nitrogens with zero attached hydrogens (tertiary/aromatic N) is 5. The third-order valence-electron chi connectivity index (χ3n) is 5.52. The molecule has 1 aromatic carbocycles. The number of aryl methyl sites for hydroxylation is 1. The van der Waals surface area contributed by atoms with Gasteiger partial charge in [-0.2, -0.15) is 0 Å². The number of rotatable bonds is 4. The molecule has 146 valence electrons. The van der Waals surface area contributed by atoms with Gasteiger partial charge >= 0.3 is 0 Å². The van der Waals surface area contributed by atoms with Gasteiger partial charge in [0.25, 0.3) is 5.56 Å². The van der Waals surface area contributed by atoms with Crippen molar-refractivity contribution in [2.24, 2.45) is 0 Å². The van der Waals surface area contributed by atoms with Crippen molar-refractivity contribution in [1.29, 1.82) is 0 Å². The molecule has 7 nitrogen and oxygen atoms in total. The first-order valence-electron chi connectivity index (χ1n) is 9.92. The van der Waals surface area contributed by atoms with Crippen molar-refractivity contribution in [2.45, 2.75) is 33.0 Å². The van der Waals surface area contributed by atoms with Crippen molar-refractivity contribution in [3.63, 3.8) is 0 Å². The van der Waals surface area contributed by atoms with Crippen LogP contribution in [0.4, 0.5) is 0 Å². The second-order valence-corrected chi connectivity index (χ2v) is 7.30. The fraction of sp³-hybridized carbons (Fsp3) is 0.273. The van der Waals surface area contributed by atoms with Crippen molar-refractivity contribution in [3.05, 3.63) is 76.2 Å². The number of hydrogen-bond donors (Lipinski definition) is 1. The Hall–Kier alpha value is -3.32. The number of benzene rings is 1. The Morgan fingerprint density at radius 1 is 1.10 bits per heavy atom. The van der Waals surface area contributed by atoms with Crippen molar-refractivity contribution in [3.8, 4) is 11.4 Å². The zero-order valence-corrected chi connectivity index (χ0v) is 16.3. The molecule has 1 N–H and O–H groups in total. The zero-order chi connectivity index (χ0) is 19.8. The summed E-state index contributed by atoms with van der Waals surface area (Å²) in [5.41, 5.74) is 4.66.